The molecule has 0 aliphatic carbocycles. The van der Waals surface area contributed by atoms with E-state index in [4.69, 9.17) is 11.6 Å². The predicted molar refractivity (Wildman–Crippen MR) is 85.2 cm³/mol. The molecule has 0 amide bonds. The summed E-state index contributed by atoms with van der Waals surface area (Å²) in [6.07, 6.45) is -4.19. The van der Waals surface area contributed by atoms with Crippen molar-refractivity contribution in [2.75, 3.05) is 6.26 Å². The lowest BCUT2D eigenvalue weighted by Crippen LogP contribution is -2.27. The quantitative estimate of drug-likeness (QED) is 0.639. The number of alkyl halides is 3. The number of aromatic nitrogens is 2. The van der Waals surface area contributed by atoms with Gasteiger partial charge in [0.05, 0.1) is 16.5 Å². The van der Waals surface area contributed by atoms with Gasteiger partial charge in [-0.1, -0.05) is 22.9 Å². The standard InChI is InChI=1S/C12H9ClF3N3O4S2/c1-25(21,22)18-10(20)5-4-19-6-2-3-7(23-12(14,15)16)8(13)9(6)24-11(19)17-5/h2-4,10,18,20H,1H3. The predicted octanol–water partition coefficient (Wildman–Crippen LogP) is 2.64. The van der Waals surface area contributed by atoms with Gasteiger partial charge in [-0.2, -0.15) is 4.72 Å². The number of nitrogens with one attached hydrogen (secondary N) is 1. The van der Waals surface area contributed by atoms with Gasteiger partial charge in [0.2, 0.25) is 10.0 Å². The summed E-state index contributed by atoms with van der Waals surface area (Å²) in [6.45, 7) is 0. The maximum absolute atomic E-state index is 12.4. The molecule has 136 valence electrons. The maximum atomic E-state index is 12.4. The van der Waals surface area contributed by atoms with Gasteiger partial charge in [0, 0.05) is 6.20 Å². The number of hydrogen-bond acceptors (Lipinski definition) is 6. The zero-order valence-electron chi connectivity index (χ0n) is 12.2. The fourth-order valence-corrected chi connectivity index (χ4v) is 4.01. The van der Waals surface area contributed by atoms with Crippen molar-refractivity contribution in [1.82, 2.24) is 14.1 Å². The first kappa shape index (κ1) is 18.2. The average Bonchev–Trinajstić information content (AvgIpc) is 2.97. The Balaban J connectivity index is 2.04. The zero-order valence-corrected chi connectivity index (χ0v) is 14.6. The Labute approximate surface area is 147 Å². The number of nitrogens with zero attached hydrogens (tertiary/aromatic N) is 2. The highest BCUT2D eigenvalue weighted by Crippen LogP contribution is 2.40. The normalized spacial score (nSPS) is 14.3. The van der Waals surface area contributed by atoms with E-state index in [0.29, 0.717) is 15.2 Å². The van der Waals surface area contributed by atoms with E-state index in [1.807, 2.05) is 4.72 Å². The van der Waals surface area contributed by atoms with Crippen molar-refractivity contribution in [3.63, 3.8) is 0 Å². The Hall–Kier alpha value is -1.60. The van der Waals surface area contributed by atoms with Crippen LogP contribution in [-0.4, -0.2) is 35.5 Å². The van der Waals surface area contributed by atoms with Gasteiger partial charge < -0.3 is 9.84 Å². The lowest BCUT2D eigenvalue weighted by molar-refractivity contribution is -0.274. The van der Waals surface area contributed by atoms with Gasteiger partial charge in [0.25, 0.3) is 0 Å². The van der Waals surface area contributed by atoms with Crippen molar-refractivity contribution in [3.05, 3.63) is 29.0 Å². The molecule has 1 atom stereocenters. The summed E-state index contributed by atoms with van der Waals surface area (Å²) in [5.41, 5.74) is 0.468. The summed E-state index contributed by atoms with van der Waals surface area (Å²) in [5, 5.41) is 9.62. The summed E-state index contributed by atoms with van der Waals surface area (Å²) in [6, 6.07) is 2.42. The van der Waals surface area contributed by atoms with Crippen molar-refractivity contribution in [3.8, 4) is 5.75 Å². The average molecular weight is 416 g/mol. The number of imidazole rings is 1. The largest absolute Gasteiger partial charge is 0.573 e. The monoisotopic (exact) mass is 415 g/mol. The summed E-state index contributed by atoms with van der Waals surface area (Å²) in [7, 11) is -3.65. The van der Waals surface area contributed by atoms with Crippen LogP contribution in [0.3, 0.4) is 0 Å². The summed E-state index contributed by atoms with van der Waals surface area (Å²) < 4.78 is 67.0. The van der Waals surface area contributed by atoms with E-state index in [1.165, 1.54) is 16.7 Å². The van der Waals surface area contributed by atoms with Crippen LogP contribution in [0.2, 0.25) is 5.02 Å². The number of sulfonamides is 1. The Morgan fingerprint density at radius 3 is 2.72 bits per heavy atom. The molecule has 2 N–H and O–H groups in total. The van der Waals surface area contributed by atoms with Gasteiger partial charge in [-0.3, -0.25) is 4.40 Å². The van der Waals surface area contributed by atoms with Crippen LogP contribution in [0.1, 0.15) is 11.9 Å². The molecule has 1 unspecified atom stereocenters. The molecular formula is C12H9ClF3N3O4S2. The molecule has 0 aliphatic heterocycles. The molecule has 0 saturated heterocycles. The molecule has 7 nitrogen and oxygen atoms in total. The molecule has 0 radical (unpaired) electrons. The molecule has 2 heterocycles. The van der Waals surface area contributed by atoms with Crippen molar-refractivity contribution < 1.29 is 31.4 Å². The lowest BCUT2D eigenvalue weighted by Gasteiger charge is -2.10. The van der Waals surface area contributed by atoms with E-state index in [-0.39, 0.29) is 10.7 Å². The highest BCUT2D eigenvalue weighted by Gasteiger charge is 2.32. The number of rotatable bonds is 4. The van der Waals surface area contributed by atoms with E-state index in [1.54, 1.807) is 0 Å². The minimum absolute atomic E-state index is 0.0327. The fourth-order valence-electron chi connectivity index (χ4n) is 2.13. The van der Waals surface area contributed by atoms with Crippen LogP contribution in [0.15, 0.2) is 18.3 Å². The van der Waals surface area contributed by atoms with Crippen molar-refractivity contribution in [1.29, 1.82) is 0 Å². The van der Waals surface area contributed by atoms with Gasteiger partial charge >= 0.3 is 6.36 Å². The highest BCUT2D eigenvalue weighted by molar-refractivity contribution is 7.88. The van der Waals surface area contributed by atoms with Crippen molar-refractivity contribution in [2.45, 2.75) is 12.6 Å². The molecule has 13 heteroatoms. The third-order valence-corrected chi connectivity index (χ3v) is 5.24. The molecule has 3 rings (SSSR count). The second-order valence-corrected chi connectivity index (χ2v) is 8.12. The van der Waals surface area contributed by atoms with Crippen LogP contribution in [0.25, 0.3) is 15.2 Å². The van der Waals surface area contributed by atoms with Gasteiger partial charge in [0.15, 0.2) is 11.2 Å². The van der Waals surface area contributed by atoms with E-state index in [2.05, 4.69) is 9.72 Å². The van der Waals surface area contributed by atoms with Crippen LogP contribution in [-0.2, 0) is 10.0 Å². The Morgan fingerprint density at radius 2 is 2.12 bits per heavy atom. The number of halogens is 4. The molecule has 0 spiro atoms. The van der Waals surface area contributed by atoms with E-state index >= 15 is 0 Å². The lowest BCUT2D eigenvalue weighted by atomic mass is 10.3. The summed E-state index contributed by atoms with van der Waals surface area (Å²) >= 11 is 6.94. The van der Waals surface area contributed by atoms with E-state index in [0.717, 1.165) is 23.7 Å². The second-order valence-electron chi connectivity index (χ2n) is 4.99. The van der Waals surface area contributed by atoms with Crippen LogP contribution in [0.4, 0.5) is 13.2 Å². The molecule has 2 aromatic heterocycles. The highest BCUT2D eigenvalue weighted by atomic mass is 35.5. The van der Waals surface area contributed by atoms with E-state index < -0.39 is 28.4 Å². The van der Waals surface area contributed by atoms with Crippen LogP contribution < -0.4 is 9.46 Å². The Kier molecular flexibility index (Phi) is 4.36. The first-order valence-corrected chi connectivity index (χ1v) is 9.54. The first-order valence-electron chi connectivity index (χ1n) is 6.46. The first-order chi connectivity index (χ1) is 11.4. The third-order valence-electron chi connectivity index (χ3n) is 3.02. The number of fused-ring (bicyclic) bond motifs is 3. The van der Waals surface area contributed by atoms with Gasteiger partial charge in [-0.25, -0.2) is 13.4 Å². The van der Waals surface area contributed by atoms with Gasteiger partial charge in [-0.05, 0) is 12.1 Å². The number of benzene rings is 1. The molecular weight excluding hydrogens is 407 g/mol. The molecule has 3 aromatic rings. The third kappa shape index (κ3) is 3.82. The van der Waals surface area contributed by atoms with Crippen molar-refractivity contribution >= 4 is 48.1 Å². The molecule has 25 heavy (non-hydrogen) atoms. The Bertz CT molecular complexity index is 1060. The SMILES string of the molecule is CS(=O)(=O)NC(O)c1cn2c(n1)sc1c(Cl)c(OC(F)(F)F)ccc12. The minimum Gasteiger partial charge on any atom is -0.404 e. The van der Waals surface area contributed by atoms with Crippen LogP contribution >= 0.6 is 22.9 Å². The number of hydrogen-bond donors (Lipinski definition) is 2. The number of aliphatic hydroxyl groups excluding tert-OH is 1. The molecule has 0 fully saturated rings. The van der Waals surface area contributed by atoms with Gasteiger partial charge in [-0.15, -0.1) is 13.2 Å². The van der Waals surface area contributed by atoms with Gasteiger partial charge in [0.1, 0.15) is 16.5 Å². The van der Waals surface area contributed by atoms with Crippen molar-refractivity contribution in [2.24, 2.45) is 0 Å². The minimum atomic E-state index is -4.87. The second kappa shape index (κ2) is 5.99. The topological polar surface area (TPSA) is 92.9 Å². The van der Waals surface area contributed by atoms with Crippen LogP contribution in [0, 0.1) is 0 Å². The smallest absolute Gasteiger partial charge is 0.404 e. The number of thiazole rings is 1. The maximum Gasteiger partial charge on any atom is 0.573 e. The number of aliphatic hydroxyl groups is 1. The molecule has 0 aliphatic rings. The summed E-state index contributed by atoms with van der Waals surface area (Å²) in [4.78, 5) is 4.37. The summed E-state index contributed by atoms with van der Waals surface area (Å²) in [5.74, 6) is -0.537. The molecule has 0 saturated carbocycles. The molecule has 1 aromatic carbocycles. The fraction of sp³-hybridized carbons (Fsp3) is 0.250. The number of ether oxygens (including phenoxy) is 1. The molecule has 0 bridgehead atoms. The Morgan fingerprint density at radius 1 is 1.44 bits per heavy atom. The van der Waals surface area contributed by atoms with Crippen LogP contribution in [0.5, 0.6) is 5.75 Å². The van der Waals surface area contributed by atoms with E-state index in [9.17, 15) is 26.7 Å². The zero-order chi connectivity index (χ0) is 18.6.